The van der Waals surface area contributed by atoms with Gasteiger partial charge in [-0.15, -0.1) is 0 Å². The molecule has 2 aromatic rings. The maximum atomic E-state index is 14.0. The monoisotopic (exact) mass is 995 g/mol. The molecule has 0 fully saturated rings. The first kappa shape index (κ1) is 59.7. The lowest BCUT2D eigenvalue weighted by Gasteiger charge is -2.29. The third kappa shape index (κ3) is 21.1. The number of nitrogens with one attached hydrogen (secondary N) is 7. The summed E-state index contributed by atoms with van der Waals surface area (Å²) < 4.78 is 0. The van der Waals surface area contributed by atoms with E-state index in [1.54, 1.807) is 88.4 Å². The number of hydrogen-bond donors (Lipinski definition) is 11. The number of carbonyl (C=O) groups excluding carboxylic acids is 11. The van der Waals surface area contributed by atoms with Crippen molar-refractivity contribution in [3.05, 3.63) is 71.8 Å². The molecule has 2 rings (SSSR count). The second-order valence-corrected chi connectivity index (χ2v) is 17.7. The molecule has 23 heteroatoms. The van der Waals surface area contributed by atoms with Crippen molar-refractivity contribution in [2.75, 3.05) is 18.8 Å². The minimum Gasteiger partial charge on any atom is -0.370 e. The van der Waals surface area contributed by atoms with Crippen LogP contribution in [0.3, 0.4) is 0 Å². The zero-order chi connectivity index (χ0) is 52.5. The average Bonchev–Trinajstić information content (AvgIpc) is 3.31. The first-order valence-corrected chi connectivity index (χ1v) is 23.6. The molecule has 70 heavy (non-hydrogen) atoms. The van der Waals surface area contributed by atoms with E-state index in [1.165, 1.54) is 6.92 Å². The van der Waals surface area contributed by atoms with Crippen LogP contribution in [0.4, 0.5) is 0 Å². The van der Waals surface area contributed by atoms with Gasteiger partial charge in [-0.1, -0.05) is 94.8 Å². The second-order valence-electron chi connectivity index (χ2n) is 17.3. The third-order valence-corrected chi connectivity index (χ3v) is 11.2. The quantitative estimate of drug-likeness (QED) is 0.0162. The molecule has 0 bridgehead atoms. The van der Waals surface area contributed by atoms with Gasteiger partial charge in [0.25, 0.3) is 0 Å². The molecule has 0 aliphatic carbocycles. The number of carbonyl (C=O) groups is 11. The Morgan fingerprint density at radius 1 is 0.643 bits per heavy atom. The van der Waals surface area contributed by atoms with Crippen LogP contribution < -0.4 is 54.9 Å². The van der Waals surface area contributed by atoms with Crippen molar-refractivity contribution in [3.8, 4) is 0 Å². The number of ketones is 4. The van der Waals surface area contributed by atoms with Crippen molar-refractivity contribution >= 4 is 77.1 Å². The van der Waals surface area contributed by atoms with Gasteiger partial charge >= 0.3 is 0 Å². The number of nitrogens with zero attached hydrogens (tertiary/aromatic N) is 1. The highest BCUT2D eigenvalue weighted by Gasteiger charge is 2.38. The second kappa shape index (κ2) is 31.0. The van der Waals surface area contributed by atoms with Gasteiger partial charge in [0, 0.05) is 25.8 Å². The van der Waals surface area contributed by atoms with Crippen LogP contribution in [0.1, 0.15) is 84.3 Å². The molecular weight excluding hydrogens is 927 g/mol. The predicted molar refractivity (Wildman–Crippen MR) is 261 cm³/mol. The Morgan fingerprint density at radius 2 is 1.21 bits per heavy atom. The molecule has 0 spiro atoms. The molecule has 1 unspecified atom stereocenters. The number of nitrogens with two attached hydrogens (primary N) is 3. The van der Waals surface area contributed by atoms with E-state index in [2.05, 4.69) is 50.2 Å². The van der Waals surface area contributed by atoms with Crippen LogP contribution in [-0.4, -0.2) is 124 Å². The smallest absolute Gasteiger partial charge is 0.245 e. The van der Waals surface area contributed by atoms with Crippen LogP contribution in [0.25, 0.3) is 0 Å². The summed E-state index contributed by atoms with van der Waals surface area (Å²) in [5.74, 6) is -4.78. The van der Waals surface area contributed by atoms with Gasteiger partial charge in [-0.05, 0) is 48.5 Å². The molecule has 0 saturated heterocycles. The van der Waals surface area contributed by atoms with Crippen LogP contribution in [0.2, 0.25) is 0 Å². The third-order valence-electron chi connectivity index (χ3n) is 10.9. The van der Waals surface area contributed by atoms with E-state index in [4.69, 9.17) is 17.3 Å². The van der Waals surface area contributed by atoms with E-state index in [0.29, 0.717) is 17.5 Å². The van der Waals surface area contributed by atoms with E-state index in [9.17, 15) is 52.7 Å². The molecule has 22 nitrogen and oxygen atoms in total. The number of hydrazine groups is 2. The molecule has 0 aliphatic heterocycles. The zero-order valence-electron chi connectivity index (χ0n) is 40.3. The Kier molecular flexibility index (Phi) is 26.4. The first-order valence-electron chi connectivity index (χ1n) is 22.9. The number of hydrogen-bond acceptors (Lipinski definition) is 16. The summed E-state index contributed by atoms with van der Waals surface area (Å²) in [7, 11) is 0. The number of rotatable bonds is 34. The Morgan fingerprint density at radius 3 is 1.76 bits per heavy atom. The van der Waals surface area contributed by atoms with E-state index in [-0.39, 0.29) is 50.3 Å². The standard InChI is InChI=1S/C47H69N11O11S/c1-6-28(4)41(44(66)43(65)34(53-39(62)19-20-70)22-30-13-9-7-10-14-30)55-45(67)32(17-18-37(48)60)56-57-35(23-38(49)61)46(68)52-29(5)47(69)58(25-31-15-11-8-12-16-31)26-40(63)54-33(21-27(2)3)42(64)36(59)24-51-50/h7-16,27-29,32-35,41,51,56-57,70H,6,17-26,50H2,1-5H3,(H2,48,60)(H2,49,61)(H,52,68)(H,53,62)(H,54,63)(H,55,67)/t28-,29-,32-,33-,34-,35-,41?/m0/s1. The molecule has 0 heterocycles. The highest BCUT2D eigenvalue weighted by molar-refractivity contribution is 7.80. The lowest BCUT2D eigenvalue weighted by Crippen LogP contribution is -2.61. The fourth-order valence-electron chi connectivity index (χ4n) is 7.03. The lowest BCUT2D eigenvalue weighted by atomic mass is 9.89. The van der Waals surface area contributed by atoms with Crippen LogP contribution in [-0.2, 0) is 65.7 Å². The predicted octanol–water partition coefficient (Wildman–Crippen LogP) is -1.66. The topological polar surface area (TPSA) is 353 Å². The Hall–Kier alpha value is -6.40. The summed E-state index contributed by atoms with van der Waals surface area (Å²) in [6.45, 7) is 7.06. The summed E-state index contributed by atoms with van der Waals surface area (Å²) in [5.41, 5.74) is 19.5. The van der Waals surface area contributed by atoms with E-state index in [0.717, 1.165) is 4.90 Å². The van der Waals surface area contributed by atoms with Crippen molar-refractivity contribution in [3.63, 3.8) is 0 Å². The highest BCUT2D eigenvalue weighted by atomic mass is 32.1. The van der Waals surface area contributed by atoms with Gasteiger partial charge in [-0.25, -0.2) is 10.9 Å². The first-order chi connectivity index (χ1) is 33.1. The molecule has 384 valence electrons. The summed E-state index contributed by atoms with van der Waals surface area (Å²) in [5, 5.41) is 10.2. The Bertz CT molecular complexity index is 2130. The van der Waals surface area contributed by atoms with Crippen LogP contribution in [0.15, 0.2) is 60.7 Å². The van der Waals surface area contributed by atoms with Gasteiger partial charge in [0.1, 0.15) is 18.1 Å². The maximum absolute atomic E-state index is 14.0. The van der Waals surface area contributed by atoms with Gasteiger partial charge in [0.2, 0.25) is 64.5 Å². The van der Waals surface area contributed by atoms with E-state index in [1.807, 2.05) is 0 Å². The number of amides is 7. The summed E-state index contributed by atoms with van der Waals surface area (Å²) in [6, 6.07) is 8.94. The highest BCUT2D eigenvalue weighted by Crippen LogP contribution is 2.15. The molecule has 13 N–H and O–H groups in total. The van der Waals surface area contributed by atoms with Gasteiger partial charge in [-0.3, -0.25) is 64.0 Å². The molecule has 0 saturated carbocycles. The van der Waals surface area contributed by atoms with Crippen LogP contribution in [0, 0.1) is 11.8 Å². The molecule has 7 atom stereocenters. The summed E-state index contributed by atoms with van der Waals surface area (Å²) >= 11 is 4.08. The van der Waals surface area contributed by atoms with Crippen molar-refractivity contribution < 1.29 is 52.7 Å². The van der Waals surface area contributed by atoms with E-state index < -0.39 is 126 Å². The molecule has 0 aromatic heterocycles. The average molecular weight is 996 g/mol. The lowest BCUT2D eigenvalue weighted by molar-refractivity contribution is -0.142. The summed E-state index contributed by atoms with van der Waals surface area (Å²) in [6.07, 6.45) is -0.998. The SMILES string of the molecule is CC[C@H](C)C(NC(=O)[C@H](CCC(N)=O)NN[C@@H](CC(N)=O)C(=O)N[C@@H](C)C(=O)N(CC(=O)N[C@@H](CC(C)C)C(=O)C(=O)CNN)Cc1ccccc1)C(=O)C(=O)[C@H](Cc1ccccc1)NC(=O)CCS. The Balaban J connectivity index is 2.37. The molecule has 7 amide bonds. The van der Waals surface area contributed by atoms with Crippen LogP contribution in [0.5, 0.6) is 0 Å². The van der Waals surface area contributed by atoms with Gasteiger partial charge in [0.05, 0.1) is 37.6 Å². The Labute approximate surface area is 413 Å². The van der Waals surface area contributed by atoms with Crippen molar-refractivity contribution in [1.29, 1.82) is 0 Å². The number of benzene rings is 2. The fraction of sp³-hybridized carbons (Fsp3) is 0.511. The van der Waals surface area contributed by atoms with Crippen molar-refractivity contribution in [1.82, 2.24) is 42.4 Å². The molecule has 2 aromatic carbocycles. The summed E-state index contributed by atoms with van der Waals surface area (Å²) in [4.78, 5) is 147. The van der Waals surface area contributed by atoms with Gasteiger partial charge < -0.3 is 37.6 Å². The van der Waals surface area contributed by atoms with E-state index >= 15 is 0 Å². The van der Waals surface area contributed by atoms with Gasteiger partial charge in [0.15, 0.2) is 0 Å². The molecule has 0 aliphatic rings. The minimum absolute atomic E-state index is 0.0239. The van der Waals surface area contributed by atoms with Crippen molar-refractivity contribution in [2.24, 2.45) is 29.1 Å². The molecule has 0 radical (unpaired) electrons. The minimum atomic E-state index is -1.57. The van der Waals surface area contributed by atoms with Gasteiger partial charge in [-0.2, -0.15) is 12.6 Å². The normalized spacial score (nSPS) is 14.1. The van der Waals surface area contributed by atoms with Crippen molar-refractivity contribution in [2.45, 2.75) is 122 Å². The number of Topliss-reactive ketones (excluding diaryl/α,β-unsaturated/α-hetero) is 4. The fourth-order valence-corrected chi connectivity index (χ4v) is 7.23. The number of primary amides is 2. The zero-order valence-corrected chi connectivity index (χ0v) is 41.2. The molecular formula is C47H69N11O11S. The maximum Gasteiger partial charge on any atom is 0.245 e. The number of thiol groups is 1. The largest absolute Gasteiger partial charge is 0.370 e. The van der Waals surface area contributed by atoms with Crippen LogP contribution >= 0.6 is 12.6 Å².